The molecule has 1 aliphatic rings. The molecule has 0 atom stereocenters. The predicted molar refractivity (Wildman–Crippen MR) is 118 cm³/mol. The van der Waals surface area contributed by atoms with Gasteiger partial charge in [-0.2, -0.15) is 18.4 Å². The van der Waals surface area contributed by atoms with Crippen LogP contribution in [0.4, 0.5) is 18.9 Å². The fraction of sp³-hybridized carbons (Fsp3) is 0.261. The molecule has 1 N–H and O–H groups in total. The van der Waals surface area contributed by atoms with E-state index in [1.54, 1.807) is 35.2 Å². The summed E-state index contributed by atoms with van der Waals surface area (Å²) < 4.78 is 38.9. The van der Waals surface area contributed by atoms with E-state index >= 15 is 0 Å². The van der Waals surface area contributed by atoms with Gasteiger partial charge in [-0.3, -0.25) is 14.5 Å². The van der Waals surface area contributed by atoms with Crippen LogP contribution >= 0.6 is 11.6 Å². The van der Waals surface area contributed by atoms with Crippen LogP contribution in [-0.4, -0.2) is 54.3 Å². The van der Waals surface area contributed by atoms with Crippen LogP contribution in [0.1, 0.15) is 16.7 Å². The summed E-state index contributed by atoms with van der Waals surface area (Å²) >= 11 is 5.59. The summed E-state index contributed by atoms with van der Waals surface area (Å²) in [6, 6.07) is 12.1. The van der Waals surface area contributed by atoms with Crippen LogP contribution < -0.4 is 5.32 Å². The highest BCUT2D eigenvalue weighted by Crippen LogP contribution is 2.36. The number of halogens is 4. The van der Waals surface area contributed by atoms with E-state index in [0.29, 0.717) is 31.7 Å². The average molecular weight is 477 g/mol. The number of nitriles is 1. The Hall–Kier alpha value is -3.35. The molecule has 3 rings (SSSR count). The second-order valence-corrected chi connectivity index (χ2v) is 7.82. The summed E-state index contributed by atoms with van der Waals surface area (Å²) in [6.07, 6.45) is -1.48. The van der Waals surface area contributed by atoms with Crippen molar-refractivity contribution >= 4 is 35.2 Å². The minimum absolute atomic E-state index is 0.00686. The Kier molecular flexibility index (Phi) is 7.74. The normalized spacial score (nSPS) is 14.8. The summed E-state index contributed by atoms with van der Waals surface area (Å²) in [5, 5.41) is 10.8. The van der Waals surface area contributed by atoms with E-state index in [2.05, 4.69) is 5.32 Å². The van der Waals surface area contributed by atoms with Gasteiger partial charge >= 0.3 is 6.18 Å². The topological polar surface area (TPSA) is 76.4 Å². The average Bonchev–Trinajstić information content (AvgIpc) is 2.78. The van der Waals surface area contributed by atoms with Crippen molar-refractivity contribution in [3.8, 4) is 6.07 Å². The Balaban J connectivity index is 1.48. The molecule has 0 saturated carbocycles. The number of anilines is 1. The number of hydrogen-bond acceptors (Lipinski definition) is 4. The Morgan fingerprint density at radius 3 is 2.36 bits per heavy atom. The van der Waals surface area contributed by atoms with Gasteiger partial charge in [0.05, 0.1) is 28.8 Å². The van der Waals surface area contributed by atoms with Gasteiger partial charge in [0.1, 0.15) is 0 Å². The largest absolute Gasteiger partial charge is 0.417 e. The van der Waals surface area contributed by atoms with E-state index in [0.717, 1.165) is 17.7 Å². The van der Waals surface area contributed by atoms with Gasteiger partial charge < -0.3 is 10.2 Å². The molecule has 33 heavy (non-hydrogen) atoms. The van der Waals surface area contributed by atoms with Gasteiger partial charge in [0.15, 0.2) is 0 Å². The smallest absolute Gasteiger partial charge is 0.337 e. The molecule has 0 bridgehead atoms. The maximum atomic E-state index is 13.0. The van der Waals surface area contributed by atoms with Crippen molar-refractivity contribution in [3.05, 3.63) is 70.3 Å². The molecular formula is C23H20ClF3N4O2. The number of amides is 2. The molecule has 0 aromatic heterocycles. The number of carbonyl (C=O) groups excluding carboxylic acids is 2. The number of hydrogen-bond donors (Lipinski definition) is 1. The predicted octanol–water partition coefficient (Wildman–Crippen LogP) is 4.03. The monoisotopic (exact) mass is 476 g/mol. The quantitative estimate of drug-likeness (QED) is 0.661. The highest BCUT2D eigenvalue weighted by atomic mass is 35.5. The van der Waals surface area contributed by atoms with Gasteiger partial charge in [-0.25, -0.2) is 0 Å². The lowest BCUT2D eigenvalue weighted by Gasteiger charge is -2.33. The molecule has 0 radical (unpaired) electrons. The lowest BCUT2D eigenvalue weighted by molar-refractivity contribution is -0.137. The van der Waals surface area contributed by atoms with Crippen LogP contribution in [0.2, 0.25) is 5.02 Å². The molecule has 0 unspecified atom stereocenters. The Morgan fingerprint density at radius 2 is 1.76 bits per heavy atom. The summed E-state index contributed by atoms with van der Waals surface area (Å²) in [6.45, 7) is 1.75. The van der Waals surface area contributed by atoms with E-state index in [9.17, 15) is 22.8 Å². The number of nitrogens with one attached hydrogen (secondary N) is 1. The highest BCUT2D eigenvalue weighted by molar-refractivity contribution is 6.31. The van der Waals surface area contributed by atoms with E-state index in [1.807, 2.05) is 11.0 Å². The van der Waals surface area contributed by atoms with Crippen LogP contribution in [0, 0.1) is 11.3 Å². The van der Waals surface area contributed by atoms with Gasteiger partial charge in [0, 0.05) is 37.9 Å². The Bertz CT molecular complexity index is 1090. The Labute approximate surface area is 193 Å². The van der Waals surface area contributed by atoms with Crippen molar-refractivity contribution in [1.29, 1.82) is 5.26 Å². The number of alkyl halides is 3. The van der Waals surface area contributed by atoms with Gasteiger partial charge in [0.2, 0.25) is 11.8 Å². The molecular weight excluding hydrogens is 457 g/mol. The number of rotatable bonds is 5. The van der Waals surface area contributed by atoms with Crippen LogP contribution in [0.5, 0.6) is 0 Å². The van der Waals surface area contributed by atoms with Crippen LogP contribution in [0.25, 0.3) is 6.08 Å². The first-order valence-electron chi connectivity index (χ1n) is 10.0. The van der Waals surface area contributed by atoms with Crippen LogP contribution in [0.15, 0.2) is 48.5 Å². The third kappa shape index (κ3) is 6.81. The number of carbonyl (C=O) groups is 2. The fourth-order valence-electron chi connectivity index (χ4n) is 3.29. The summed E-state index contributed by atoms with van der Waals surface area (Å²) in [5.41, 5.74) is 0.339. The van der Waals surface area contributed by atoms with Crippen molar-refractivity contribution in [3.63, 3.8) is 0 Å². The lowest BCUT2D eigenvalue weighted by Crippen LogP contribution is -2.50. The molecule has 6 nitrogen and oxygen atoms in total. The molecule has 2 amide bonds. The third-order valence-corrected chi connectivity index (χ3v) is 5.39. The van der Waals surface area contributed by atoms with Crippen molar-refractivity contribution in [1.82, 2.24) is 9.80 Å². The SMILES string of the molecule is N#Cc1ccc(C=CC(=O)N2CCN(CC(=O)Nc3ccc(Cl)c(C(F)(F)F)c3)CC2)cc1. The molecule has 0 spiro atoms. The number of piperazine rings is 1. The van der Waals surface area contributed by atoms with Crippen molar-refractivity contribution < 1.29 is 22.8 Å². The number of nitrogens with zero attached hydrogens (tertiary/aromatic N) is 3. The van der Waals surface area contributed by atoms with Crippen molar-refractivity contribution in [2.75, 3.05) is 38.0 Å². The molecule has 1 heterocycles. The maximum Gasteiger partial charge on any atom is 0.417 e. The molecule has 1 fully saturated rings. The second-order valence-electron chi connectivity index (χ2n) is 7.41. The minimum atomic E-state index is -4.62. The standard InChI is InChI=1S/C23H20ClF3N4O2/c24-20-7-6-18(13-19(20)23(25,26)27)29-21(32)15-30-9-11-31(12-10-30)22(33)8-5-16-1-3-17(14-28)4-2-16/h1-8,13H,9-12,15H2,(H,29,32). The van der Waals surface area contributed by atoms with E-state index in [4.69, 9.17) is 16.9 Å². The summed E-state index contributed by atoms with van der Waals surface area (Å²) in [4.78, 5) is 28.1. The van der Waals surface area contributed by atoms with Crippen molar-refractivity contribution in [2.24, 2.45) is 0 Å². The van der Waals surface area contributed by atoms with E-state index in [-0.39, 0.29) is 18.1 Å². The molecule has 1 saturated heterocycles. The molecule has 2 aromatic carbocycles. The molecule has 0 aliphatic carbocycles. The lowest BCUT2D eigenvalue weighted by atomic mass is 10.1. The molecule has 10 heteroatoms. The first-order chi connectivity index (χ1) is 15.7. The van der Waals surface area contributed by atoms with Gasteiger partial charge in [-0.1, -0.05) is 23.7 Å². The first kappa shape index (κ1) is 24.3. The zero-order chi connectivity index (χ0) is 24.0. The summed E-state index contributed by atoms with van der Waals surface area (Å²) in [7, 11) is 0. The van der Waals surface area contributed by atoms with Gasteiger partial charge in [-0.05, 0) is 42.0 Å². The van der Waals surface area contributed by atoms with Gasteiger partial charge in [0.25, 0.3) is 0 Å². The zero-order valence-corrected chi connectivity index (χ0v) is 18.2. The van der Waals surface area contributed by atoms with Crippen molar-refractivity contribution in [2.45, 2.75) is 6.18 Å². The molecule has 172 valence electrons. The fourth-order valence-corrected chi connectivity index (χ4v) is 3.52. The maximum absolute atomic E-state index is 13.0. The van der Waals surface area contributed by atoms with E-state index < -0.39 is 22.7 Å². The minimum Gasteiger partial charge on any atom is -0.337 e. The highest BCUT2D eigenvalue weighted by Gasteiger charge is 2.33. The second kappa shape index (κ2) is 10.5. The zero-order valence-electron chi connectivity index (χ0n) is 17.4. The van der Waals surface area contributed by atoms with E-state index in [1.165, 1.54) is 12.1 Å². The molecule has 1 aliphatic heterocycles. The Morgan fingerprint density at radius 1 is 1.09 bits per heavy atom. The third-order valence-electron chi connectivity index (χ3n) is 5.06. The van der Waals surface area contributed by atoms with Crippen LogP contribution in [0.3, 0.4) is 0 Å². The van der Waals surface area contributed by atoms with Crippen LogP contribution in [-0.2, 0) is 15.8 Å². The summed E-state index contributed by atoms with van der Waals surface area (Å²) in [5.74, 6) is -0.616. The number of benzene rings is 2. The molecule has 2 aromatic rings. The van der Waals surface area contributed by atoms with Gasteiger partial charge in [-0.15, -0.1) is 0 Å². The first-order valence-corrected chi connectivity index (χ1v) is 10.4.